The maximum atomic E-state index is 12.4. The molecule has 2 saturated heterocycles. The molecule has 0 saturated carbocycles. The largest absolute Gasteiger partial charge is 0.409 e. The van der Waals surface area contributed by atoms with Crippen LogP contribution in [0.5, 0.6) is 0 Å². The summed E-state index contributed by atoms with van der Waals surface area (Å²) in [4.78, 5) is 0. The summed E-state index contributed by atoms with van der Waals surface area (Å²) in [5.74, 6) is 0.188. The fourth-order valence-electron chi connectivity index (χ4n) is 2.72. The van der Waals surface area contributed by atoms with Crippen LogP contribution in [0.1, 0.15) is 32.1 Å². The summed E-state index contributed by atoms with van der Waals surface area (Å²) in [6, 6.07) is 0. The minimum Gasteiger partial charge on any atom is -0.409 e. The Hall–Kier alpha value is -0.860. The van der Waals surface area contributed by atoms with Gasteiger partial charge in [0.05, 0.1) is 0 Å². The topological polar surface area (TPSA) is 99.2 Å². The Morgan fingerprint density at radius 3 is 2.11 bits per heavy atom. The molecular formula is C11H22N4O3S. The molecule has 2 aliphatic heterocycles. The van der Waals surface area contributed by atoms with Crippen LogP contribution in [-0.2, 0) is 10.2 Å². The Kier molecular flexibility index (Phi) is 4.64. The molecule has 0 radical (unpaired) electrons. The monoisotopic (exact) mass is 290 g/mol. The second-order valence-corrected chi connectivity index (χ2v) is 7.09. The highest BCUT2D eigenvalue weighted by Crippen LogP contribution is 2.23. The van der Waals surface area contributed by atoms with Gasteiger partial charge in [0.1, 0.15) is 5.84 Å². The van der Waals surface area contributed by atoms with E-state index in [1.165, 1.54) is 4.31 Å². The van der Waals surface area contributed by atoms with Gasteiger partial charge in [0, 0.05) is 32.1 Å². The number of amidine groups is 1. The first-order valence-electron chi connectivity index (χ1n) is 6.78. The van der Waals surface area contributed by atoms with Crippen molar-refractivity contribution < 1.29 is 13.6 Å². The van der Waals surface area contributed by atoms with Crippen molar-refractivity contribution in [1.82, 2.24) is 8.61 Å². The maximum Gasteiger partial charge on any atom is 0.281 e. The predicted molar refractivity (Wildman–Crippen MR) is 72.0 cm³/mol. The van der Waals surface area contributed by atoms with Crippen LogP contribution in [0, 0.1) is 5.92 Å². The van der Waals surface area contributed by atoms with Gasteiger partial charge in [0.15, 0.2) is 0 Å². The van der Waals surface area contributed by atoms with E-state index in [9.17, 15) is 8.42 Å². The van der Waals surface area contributed by atoms with Gasteiger partial charge >= 0.3 is 0 Å². The van der Waals surface area contributed by atoms with Gasteiger partial charge in [-0.15, -0.1) is 0 Å². The molecule has 0 spiro atoms. The summed E-state index contributed by atoms with van der Waals surface area (Å²) in [5.41, 5.74) is 5.57. The zero-order chi connectivity index (χ0) is 13.9. The minimum absolute atomic E-state index is 0.0159. The van der Waals surface area contributed by atoms with Crippen LogP contribution in [0.2, 0.25) is 0 Å². The third-order valence-electron chi connectivity index (χ3n) is 3.96. The minimum atomic E-state index is -3.32. The fraction of sp³-hybridized carbons (Fsp3) is 0.909. The Balaban J connectivity index is 1.96. The van der Waals surface area contributed by atoms with Crippen LogP contribution >= 0.6 is 0 Å². The molecular weight excluding hydrogens is 268 g/mol. The van der Waals surface area contributed by atoms with Crippen molar-refractivity contribution in [1.29, 1.82) is 0 Å². The first-order valence-corrected chi connectivity index (χ1v) is 8.18. The van der Waals surface area contributed by atoms with Crippen molar-refractivity contribution >= 4 is 16.0 Å². The van der Waals surface area contributed by atoms with Crippen molar-refractivity contribution in [2.45, 2.75) is 32.1 Å². The standard InChI is InChI=1S/C11H22N4O3S/c12-11(13-16)10-4-8-15(9-5-10)19(17,18)14-6-2-1-3-7-14/h10,16H,1-9H2,(H2,12,13). The Morgan fingerprint density at radius 1 is 1.05 bits per heavy atom. The van der Waals surface area contributed by atoms with Crippen molar-refractivity contribution in [3.8, 4) is 0 Å². The first-order chi connectivity index (χ1) is 9.05. The summed E-state index contributed by atoms with van der Waals surface area (Å²) >= 11 is 0. The van der Waals surface area contributed by atoms with Gasteiger partial charge in [-0.1, -0.05) is 11.6 Å². The Morgan fingerprint density at radius 2 is 1.58 bits per heavy atom. The van der Waals surface area contributed by atoms with E-state index >= 15 is 0 Å². The van der Waals surface area contributed by atoms with Crippen LogP contribution in [-0.4, -0.2) is 54.3 Å². The molecule has 8 heteroatoms. The lowest BCUT2D eigenvalue weighted by Gasteiger charge is -2.35. The van der Waals surface area contributed by atoms with Gasteiger partial charge in [-0.25, -0.2) is 0 Å². The van der Waals surface area contributed by atoms with Gasteiger partial charge < -0.3 is 10.9 Å². The van der Waals surface area contributed by atoms with Crippen molar-refractivity contribution in [2.75, 3.05) is 26.2 Å². The molecule has 0 aliphatic carbocycles. The van der Waals surface area contributed by atoms with Gasteiger partial charge in [-0.05, 0) is 25.7 Å². The number of rotatable bonds is 3. The molecule has 2 aliphatic rings. The van der Waals surface area contributed by atoms with Gasteiger partial charge in [0.25, 0.3) is 10.2 Å². The highest BCUT2D eigenvalue weighted by atomic mass is 32.2. The second-order valence-electron chi connectivity index (χ2n) is 5.17. The Labute approximate surface area is 114 Å². The third kappa shape index (κ3) is 3.18. The van der Waals surface area contributed by atoms with Gasteiger partial charge in [-0.2, -0.15) is 17.0 Å². The normalized spacial score (nSPS) is 25.6. The number of nitrogens with zero attached hydrogens (tertiary/aromatic N) is 3. The number of hydrogen-bond acceptors (Lipinski definition) is 4. The average Bonchev–Trinajstić information content (AvgIpc) is 2.47. The molecule has 110 valence electrons. The highest BCUT2D eigenvalue weighted by molar-refractivity contribution is 7.86. The molecule has 0 bridgehead atoms. The van der Waals surface area contributed by atoms with E-state index in [4.69, 9.17) is 10.9 Å². The number of oxime groups is 1. The van der Waals surface area contributed by atoms with E-state index in [1.807, 2.05) is 0 Å². The van der Waals surface area contributed by atoms with Gasteiger partial charge in [0.2, 0.25) is 0 Å². The SMILES string of the molecule is NC(=NO)C1CCN(S(=O)(=O)N2CCCCC2)CC1. The zero-order valence-corrected chi connectivity index (χ0v) is 11.8. The van der Waals surface area contributed by atoms with Gasteiger partial charge in [-0.3, -0.25) is 0 Å². The van der Waals surface area contributed by atoms with E-state index in [0.717, 1.165) is 19.3 Å². The zero-order valence-electron chi connectivity index (χ0n) is 11.0. The molecule has 0 amide bonds. The quantitative estimate of drug-likeness (QED) is 0.335. The molecule has 0 atom stereocenters. The Bertz CT molecular complexity index is 423. The summed E-state index contributed by atoms with van der Waals surface area (Å²) in [6.07, 6.45) is 4.23. The maximum absolute atomic E-state index is 12.4. The molecule has 19 heavy (non-hydrogen) atoms. The third-order valence-corrected chi connectivity index (χ3v) is 5.99. The van der Waals surface area contributed by atoms with Crippen molar-refractivity contribution in [2.24, 2.45) is 16.8 Å². The second kappa shape index (κ2) is 6.06. The number of piperidine rings is 2. The van der Waals surface area contributed by atoms with Crippen LogP contribution in [0.25, 0.3) is 0 Å². The van der Waals surface area contributed by atoms with Crippen molar-refractivity contribution in [3.63, 3.8) is 0 Å². The molecule has 2 fully saturated rings. The van der Waals surface area contributed by atoms with Crippen LogP contribution in [0.4, 0.5) is 0 Å². The molecule has 0 aromatic heterocycles. The van der Waals surface area contributed by atoms with E-state index in [1.54, 1.807) is 4.31 Å². The summed E-state index contributed by atoms with van der Waals surface area (Å²) in [6.45, 7) is 2.14. The molecule has 3 N–H and O–H groups in total. The number of nitrogens with two attached hydrogens (primary N) is 1. The summed E-state index contributed by atoms with van der Waals surface area (Å²) in [7, 11) is -3.32. The molecule has 0 unspecified atom stereocenters. The lowest BCUT2D eigenvalue weighted by Crippen LogP contribution is -2.49. The van der Waals surface area contributed by atoms with Crippen LogP contribution < -0.4 is 5.73 Å². The van der Waals surface area contributed by atoms with Crippen molar-refractivity contribution in [3.05, 3.63) is 0 Å². The van der Waals surface area contributed by atoms with E-state index < -0.39 is 10.2 Å². The van der Waals surface area contributed by atoms with Crippen LogP contribution in [0.3, 0.4) is 0 Å². The molecule has 2 heterocycles. The molecule has 0 aromatic carbocycles. The number of hydrogen-bond donors (Lipinski definition) is 2. The smallest absolute Gasteiger partial charge is 0.281 e. The van der Waals surface area contributed by atoms with E-state index in [0.29, 0.717) is 39.0 Å². The molecule has 0 aromatic rings. The van der Waals surface area contributed by atoms with Crippen LogP contribution in [0.15, 0.2) is 5.16 Å². The predicted octanol–water partition coefficient (Wildman–Crippen LogP) is 0.175. The van der Waals surface area contributed by atoms with E-state index in [2.05, 4.69) is 5.16 Å². The van der Waals surface area contributed by atoms with E-state index in [-0.39, 0.29) is 11.8 Å². The molecule has 7 nitrogen and oxygen atoms in total. The summed E-state index contributed by atoms with van der Waals surface area (Å²) in [5, 5.41) is 11.6. The molecule has 2 rings (SSSR count). The summed E-state index contributed by atoms with van der Waals surface area (Å²) < 4.78 is 28.0. The average molecular weight is 290 g/mol. The first kappa shape index (κ1) is 14.5. The fourth-order valence-corrected chi connectivity index (χ4v) is 4.44. The highest BCUT2D eigenvalue weighted by Gasteiger charge is 2.34. The lowest BCUT2D eigenvalue weighted by atomic mass is 9.97. The lowest BCUT2D eigenvalue weighted by molar-refractivity contribution is 0.262.